The van der Waals surface area contributed by atoms with Gasteiger partial charge in [-0.15, -0.1) is 0 Å². The lowest BCUT2D eigenvalue weighted by Crippen LogP contribution is -2.14. The van der Waals surface area contributed by atoms with E-state index in [-0.39, 0.29) is 25.1 Å². The Morgan fingerprint density at radius 3 is 2.34 bits per heavy atom. The number of hydrogen-bond donors (Lipinski definition) is 0. The fourth-order valence-electron chi connectivity index (χ4n) is 4.13. The summed E-state index contributed by atoms with van der Waals surface area (Å²) in [6.45, 7) is 2.72. The van der Waals surface area contributed by atoms with Gasteiger partial charge in [-0.1, -0.05) is 36.4 Å². The van der Waals surface area contributed by atoms with Gasteiger partial charge in [0.1, 0.15) is 12.4 Å². The van der Waals surface area contributed by atoms with Gasteiger partial charge < -0.3 is 28.4 Å². The molecule has 184 valence electrons. The van der Waals surface area contributed by atoms with E-state index in [4.69, 9.17) is 28.4 Å². The smallest absolute Gasteiger partial charge is 0.306 e. The van der Waals surface area contributed by atoms with E-state index >= 15 is 0 Å². The Morgan fingerprint density at radius 1 is 0.886 bits per heavy atom. The highest BCUT2D eigenvalue weighted by molar-refractivity contribution is 5.71. The molecule has 3 aromatic rings. The molecule has 1 aliphatic rings. The highest BCUT2D eigenvalue weighted by Crippen LogP contribution is 2.43. The molecule has 0 spiro atoms. The Morgan fingerprint density at radius 2 is 1.63 bits per heavy atom. The number of methoxy groups -OCH3 is 2. The predicted octanol–water partition coefficient (Wildman–Crippen LogP) is 5.29. The number of hydrogen-bond acceptors (Lipinski definition) is 7. The average molecular weight is 479 g/mol. The van der Waals surface area contributed by atoms with Crippen molar-refractivity contribution in [3.05, 3.63) is 77.4 Å². The van der Waals surface area contributed by atoms with E-state index < -0.39 is 0 Å². The van der Waals surface area contributed by atoms with Crippen molar-refractivity contribution < 1.29 is 33.2 Å². The van der Waals surface area contributed by atoms with Crippen LogP contribution in [0.2, 0.25) is 0 Å². The van der Waals surface area contributed by atoms with Crippen molar-refractivity contribution in [2.45, 2.75) is 32.3 Å². The van der Waals surface area contributed by atoms with Crippen LogP contribution in [0.5, 0.6) is 28.7 Å². The summed E-state index contributed by atoms with van der Waals surface area (Å²) in [7, 11) is 3.22. The summed E-state index contributed by atoms with van der Waals surface area (Å²) in [6.07, 6.45) is 0.753. The lowest BCUT2D eigenvalue weighted by Gasteiger charge is -2.21. The Bertz CT molecular complexity index is 1140. The molecule has 1 heterocycles. The standard InChI is InChI=1S/C28H30O7/c1-4-32-28(29)14-21(22-15-26-27(35-18-34-26)16-24(22)30-2)12-20-10-11-23(25(13-20)31-3)33-17-19-8-6-5-7-9-19/h5-11,13,15-16,21H,4,12,14,17-18H2,1-3H3. The van der Waals surface area contributed by atoms with Crippen molar-refractivity contribution in [1.29, 1.82) is 0 Å². The zero-order valence-corrected chi connectivity index (χ0v) is 20.2. The molecular formula is C28H30O7. The summed E-state index contributed by atoms with van der Waals surface area (Å²) >= 11 is 0. The zero-order chi connectivity index (χ0) is 24.6. The van der Waals surface area contributed by atoms with E-state index in [1.165, 1.54) is 0 Å². The molecule has 0 saturated carbocycles. The number of fused-ring (bicyclic) bond motifs is 1. The first kappa shape index (κ1) is 24.3. The molecule has 0 aliphatic carbocycles. The molecule has 0 fully saturated rings. The Balaban J connectivity index is 1.59. The number of carbonyl (C=O) groups excluding carboxylic acids is 1. The molecule has 1 unspecified atom stereocenters. The SMILES string of the molecule is CCOC(=O)CC(Cc1ccc(OCc2ccccc2)c(OC)c1)c1cc2c(cc1OC)OCO2. The Hall–Kier alpha value is -3.87. The predicted molar refractivity (Wildman–Crippen MR) is 131 cm³/mol. The second kappa shape index (κ2) is 11.5. The monoisotopic (exact) mass is 478 g/mol. The van der Waals surface area contributed by atoms with Gasteiger partial charge in [0.05, 0.1) is 27.2 Å². The third-order valence-electron chi connectivity index (χ3n) is 5.83. The first-order valence-electron chi connectivity index (χ1n) is 11.6. The molecule has 0 bridgehead atoms. The maximum absolute atomic E-state index is 12.5. The van der Waals surface area contributed by atoms with Crippen molar-refractivity contribution in [2.75, 3.05) is 27.6 Å². The van der Waals surface area contributed by atoms with Crippen LogP contribution in [0.25, 0.3) is 0 Å². The second-order valence-electron chi connectivity index (χ2n) is 8.12. The van der Waals surface area contributed by atoms with E-state index in [9.17, 15) is 4.79 Å². The van der Waals surface area contributed by atoms with Crippen LogP contribution in [0.3, 0.4) is 0 Å². The molecule has 3 aromatic carbocycles. The fraction of sp³-hybridized carbons (Fsp3) is 0.321. The van der Waals surface area contributed by atoms with Gasteiger partial charge in [-0.05, 0) is 42.7 Å². The minimum absolute atomic E-state index is 0.159. The molecule has 0 N–H and O–H groups in total. The molecule has 0 radical (unpaired) electrons. The summed E-state index contributed by atoms with van der Waals surface area (Å²) in [5.41, 5.74) is 2.92. The van der Waals surface area contributed by atoms with Crippen molar-refractivity contribution in [3.8, 4) is 28.7 Å². The van der Waals surface area contributed by atoms with Crippen LogP contribution >= 0.6 is 0 Å². The molecule has 0 amide bonds. The maximum Gasteiger partial charge on any atom is 0.306 e. The Kier molecular flexibility index (Phi) is 7.98. The minimum Gasteiger partial charge on any atom is -0.496 e. The number of carbonyl (C=O) groups is 1. The molecule has 35 heavy (non-hydrogen) atoms. The highest BCUT2D eigenvalue weighted by Gasteiger charge is 2.26. The molecule has 4 rings (SSSR count). The molecule has 1 atom stereocenters. The quantitative estimate of drug-likeness (QED) is 0.347. The van der Waals surface area contributed by atoms with Gasteiger partial charge in [0.15, 0.2) is 23.0 Å². The van der Waals surface area contributed by atoms with Gasteiger partial charge in [-0.3, -0.25) is 4.79 Å². The van der Waals surface area contributed by atoms with Crippen molar-refractivity contribution in [3.63, 3.8) is 0 Å². The topological polar surface area (TPSA) is 72.5 Å². The van der Waals surface area contributed by atoms with Crippen LogP contribution in [0.15, 0.2) is 60.7 Å². The fourth-order valence-corrected chi connectivity index (χ4v) is 4.13. The van der Waals surface area contributed by atoms with Crippen LogP contribution in [0, 0.1) is 0 Å². The first-order chi connectivity index (χ1) is 17.1. The lowest BCUT2D eigenvalue weighted by atomic mass is 9.88. The molecule has 7 heteroatoms. The van der Waals surface area contributed by atoms with Crippen LogP contribution < -0.4 is 23.7 Å². The van der Waals surface area contributed by atoms with Crippen molar-refractivity contribution in [2.24, 2.45) is 0 Å². The average Bonchev–Trinajstić information content (AvgIpc) is 3.35. The summed E-state index contributed by atoms with van der Waals surface area (Å²) in [4.78, 5) is 12.5. The van der Waals surface area contributed by atoms with E-state index in [0.717, 1.165) is 16.7 Å². The van der Waals surface area contributed by atoms with Crippen LogP contribution in [0.4, 0.5) is 0 Å². The van der Waals surface area contributed by atoms with Crippen LogP contribution in [0.1, 0.15) is 36.0 Å². The zero-order valence-electron chi connectivity index (χ0n) is 20.2. The summed E-state index contributed by atoms with van der Waals surface area (Å²) < 4.78 is 33.6. The molecular weight excluding hydrogens is 448 g/mol. The van der Waals surface area contributed by atoms with E-state index in [2.05, 4.69) is 0 Å². The summed E-state index contributed by atoms with van der Waals surface area (Å²) in [5, 5.41) is 0. The number of ether oxygens (including phenoxy) is 6. The van der Waals surface area contributed by atoms with E-state index in [0.29, 0.717) is 48.4 Å². The van der Waals surface area contributed by atoms with Gasteiger partial charge in [-0.25, -0.2) is 0 Å². The van der Waals surface area contributed by atoms with Gasteiger partial charge >= 0.3 is 5.97 Å². The van der Waals surface area contributed by atoms with Crippen molar-refractivity contribution in [1.82, 2.24) is 0 Å². The van der Waals surface area contributed by atoms with Crippen LogP contribution in [-0.2, 0) is 22.6 Å². The maximum atomic E-state index is 12.5. The minimum atomic E-state index is -0.271. The van der Waals surface area contributed by atoms with Crippen LogP contribution in [-0.4, -0.2) is 33.6 Å². The molecule has 7 nitrogen and oxygen atoms in total. The van der Waals surface area contributed by atoms with Gasteiger partial charge in [0.25, 0.3) is 0 Å². The number of rotatable bonds is 11. The largest absolute Gasteiger partial charge is 0.496 e. The van der Waals surface area contributed by atoms with E-state index in [1.807, 2.05) is 54.6 Å². The first-order valence-corrected chi connectivity index (χ1v) is 11.6. The number of esters is 1. The summed E-state index contributed by atoms with van der Waals surface area (Å²) in [6, 6.07) is 19.5. The lowest BCUT2D eigenvalue weighted by molar-refractivity contribution is -0.143. The second-order valence-corrected chi connectivity index (χ2v) is 8.12. The van der Waals surface area contributed by atoms with Gasteiger partial charge in [-0.2, -0.15) is 0 Å². The number of benzene rings is 3. The Labute approximate surface area is 205 Å². The third-order valence-corrected chi connectivity index (χ3v) is 5.83. The van der Waals surface area contributed by atoms with Crippen molar-refractivity contribution >= 4 is 5.97 Å². The van der Waals surface area contributed by atoms with Gasteiger partial charge in [0.2, 0.25) is 6.79 Å². The summed E-state index contributed by atoms with van der Waals surface area (Å²) in [5.74, 6) is 2.71. The molecule has 0 aromatic heterocycles. The van der Waals surface area contributed by atoms with E-state index in [1.54, 1.807) is 27.2 Å². The highest BCUT2D eigenvalue weighted by atomic mass is 16.7. The molecule has 0 saturated heterocycles. The third kappa shape index (κ3) is 5.98. The normalized spacial score (nSPS) is 12.7. The molecule has 1 aliphatic heterocycles. The van der Waals surface area contributed by atoms with Gasteiger partial charge in [0, 0.05) is 17.5 Å².